The number of aromatic nitrogens is 1. The Bertz CT molecular complexity index is 819. The average Bonchev–Trinajstić information content (AvgIpc) is 3.12. The molecule has 2 fully saturated rings. The second-order valence-electron chi connectivity index (χ2n) is 8.39. The molecule has 3 nitrogen and oxygen atoms in total. The molecule has 0 saturated carbocycles. The first-order valence-electron chi connectivity index (χ1n) is 10.3. The van der Waals surface area contributed by atoms with Crippen molar-refractivity contribution in [3.63, 3.8) is 0 Å². The van der Waals surface area contributed by atoms with Gasteiger partial charge in [0.2, 0.25) is 0 Å². The van der Waals surface area contributed by atoms with Gasteiger partial charge >= 0.3 is 0 Å². The summed E-state index contributed by atoms with van der Waals surface area (Å²) >= 11 is 12.2. The molecule has 2 aromatic rings. The van der Waals surface area contributed by atoms with E-state index in [0.29, 0.717) is 23.3 Å². The first kappa shape index (κ1) is 21.0. The molecule has 2 atom stereocenters. The number of ether oxygens (including phenoxy) is 2. The molecule has 2 aliphatic heterocycles. The van der Waals surface area contributed by atoms with E-state index in [1.807, 2.05) is 18.2 Å². The summed E-state index contributed by atoms with van der Waals surface area (Å²) in [5, 5.41) is 1.35. The smallest absolute Gasteiger partial charge is 0.141 e. The van der Waals surface area contributed by atoms with Gasteiger partial charge in [-0.25, -0.2) is 4.39 Å². The summed E-state index contributed by atoms with van der Waals surface area (Å²) in [5.74, 6) is -0.298. The molecule has 0 amide bonds. The third kappa shape index (κ3) is 4.93. The van der Waals surface area contributed by atoms with Gasteiger partial charge in [-0.3, -0.25) is 4.98 Å². The molecule has 156 valence electrons. The van der Waals surface area contributed by atoms with Crippen molar-refractivity contribution in [2.24, 2.45) is 0 Å². The number of unbranched alkanes of at least 4 members (excludes halogenated alkanes) is 1. The van der Waals surface area contributed by atoms with Crippen molar-refractivity contribution in [3.05, 3.63) is 63.6 Å². The minimum absolute atomic E-state index is 0.106. The third-order valence-corrected chi connectivity index (χ3v) is 6.72. The normalized spacial score (nSPS) is 26.9. The van der Waals surface area contributed by atoms with Crippen molar-refractivity contribution >= 4 is 23.2 Å². The number of rotatable bonds is 6. The Labute approximate surface area is 181 Å². The predicted octanol–water partition coefficient (Wildman–Crippen LogP) is 6.15. The summed E-state index contributed by atoms with van der Waals surface area (Å²) < 4.78 is 25.3. The highest BCUT2D eigenvalue weighted by Gasteiger charge is 2.49. The molecule has 0 radical (unpaired) electrons. The van der Waals surface area contributed by atoms with Crippen molar-refractivity contribution in [1.29, 1.82) is 0 Å². The average molecular weight is 438 g/mol. The van der Waals surface area contributed by atoms with E-state index in [4.69, 9.17) is 32.7 Å². The van der Waals surface area contributed by atoms with Gasteiger partial charge in [0.05, 0.1) is 18.4 Å². The van der Waals surface area contributed by atoms with Crippen molar-refractivity contribution in [2.45, 2.75) is 56.0 Å². The number of aryl methyl sites for hydroxylation is 1. The molecular formula is C23H26Cl2FNO2. The van der Waals surface area contributed by atoms with Crippen molar-refractivity contribution in [1.82, 2.24) is 4.98 Å². The lowest BCUT2D eigenvalue weighted by Crippen LogP contribution is -2.48. The molecular weight excluding hydrogens is 412 g/mol. The van der Waals surface area contributed by atoms with E-state index >= 15 is 0 Å². The maximum Gasteiger partial charge on any atom is 0.141 e. The molecule has 6 heteroatoms. The summed E-state index contributed by atoms with van der Waals surface area (Å²) in [6, 6.07) is 9.08. The van der Waals surface area contributed by atoms with Gasteiger partial charge in [0.25, 0.3) is 0 Å². The number of benzene rings is 1. The number of nitrogens with zero attached hydrogens (tertiary/aromatic N) is 1. The van der Waals surface area contributed by atoms with Crippen LogP contribution < -0.4 is 0 Å². The first-order valence-corrected chi connectivity index (χ1v) is 11.0. The highest BCUT2D eigenvalue weighted by molar-refractivity contribution is 6.34. The third-order valence-electron chi connectivity index (χ3n) is 6.28. The molecule has 0 aliphatic carbocycles. The van der Waals surface area contributed by atoms with E-state index in [-0.39, 0.29) is 16.8 Å². The number of hydrogen-bond donors (Lipinski definition) is 0. The predicted molar refractivity (Wildman–Crippen MR) is 113 cm³/mol. The Balaban J connectivity index is 1.47. The van der Waals surface area contributed by atoms with Gasteiger partial charge in [-0.1, -0.05) is 29.6 Å². The van der Waals surface area contributed by atoms with E-state index in [1.165, 1.54) is 12.3 Å². The quantitative estimate of drug-likeness (QED) is 0.507. The van der Waals surface area contributed by atoms with Crippen LogP contribution >= 0.6 is 23.2 Å². The molecule has 0 unspecified atom stereocenters. The molecule has 1 spiro atoms. The van der Waals surface area contributed by atoms with Crippen LogP contribution in [0.2, 0.25) is 10.0 Å². The zero-order valence-electron chi connectivity index (χ0n) is 16.4. The molecule has 0 N–H and O–H groups in total. The van der Waals surface area contributed by atoms with Crippen LogP contribution in [0.25, 0.3) is 0 Å². The lowest BCUT2D eigenvalue weighted by molar-refractivity contribution is -0.109. The Hall–Kier alpha value is -1.20. The van der Waals surface area contributed by atoms with Crippen LogP contribution in [0.3, 0.4) is 0 Å². The van der Waals surface area contributed by atoms with E-state index < -0.39 is 0 Å². The monoisotopic (exact) mass is 437 g/mol. The lowest BCUT2D eigenvalue weighted by Gasteiger charge is -2.45. The topological polar surface area (TPSA) is 31.4 Å². The lowest BCUT2D eigenvalue weighted by atomic mass is 9.67. The van der Waals surface area contributed by atoms with E-state index in [0.717, 1.165) is 62.8 Å². The van der Waals surface area contributed by atoms with Crippen LogP contribution in [0.15, 0.2) is 36.5 Å². The number of halogens is 3. The van der Waals surface area contributed by atoms with Gasteiger partial charge in [0.1, 0.15) is 5.82 Å². The van der Waals surface area contributed by atoms with Crippen LogP contribution in [-0.2, 0) is 21.3 Å². The molecule has 4 rings (SSSR count). The van der Waals surface area contributed by atoms with Crippen LogP contribution in [-0.4, -0.2) is 30.4 Å². The van der Waals surface area contributed by atoms with Crippen molar-refractivity contribution in [2.75, 3.05) is 19.8 Å². The van der Waals surface area contributed by atoms with Crippen LogP contribution in [0, 0.1) is 5.82 Å². The van der Waals surface area contributed by atoms with E-state index in [9.17, 15) is 4.39 Å². The van der Waals surface area contributed by atoms with Crippen LogP contribution in [0.4, 0.5) is 4.39 Å². The standard InChI is InChI=1S/C23H26Cl2FNO2/c24-18-11-17(12-19(25)13-18)3-1-2-6-22(21-5-4-20(26)14-27-21)7-10-29-23(15-22)8-9-28-16-23/h4-5,11-14H,1-3,6-10,15-16H2/t22-,23-/m1/s1. The Morgan fingerprint density at radius 2 is 1.86 bits per heavy atom. The minimum Gasteiger partial charge on any atom is -0.378 e. The van der Waals surface area contributed by atoms with E-state index in [1.54, 1.807) is 6.07 Å². The number of hydrogen-bond acceptors (Lipinski definition) is 3. The largest absolute Gasteiger partial charge is 0.378 e. The summed E-state index contributed by atoms with van der Waals surface area (Å²) in [6.45, 7) is 2.06. The fourth-order valence-electron chi connectivity index (χ4n) is 4.86. The summed E-state index contributed by atoms with van der Waals surface area (Å²) in [5.41, 5.74) is 1.80. The molecule has 3 heterocycles. The fraction of sp³-hybridized carbons (Fsp3) is 0.522. The first-order chi connectivity index (χ1) is 14.0. The molecule has 0 bridgehead atoms. The van der Waals surface area contributed by atoms with Crippen LogP contribution in [0.1, 0.15) is 49.8 Å². The molecule has 1 aromatic heterocycles. The molecule has 2 saturated heterocycles. The second-order valence-corrected chi connectivity index (χ2v) is 9.26. The van der Waals surface area contributed by atoms with Gasteiger partial charge in [-0.15, -0.1) is 0 Å². The Morgan fingerprint density at radius 1 is 1.03 bits per heavy atom. The van der Waals surface area contributed by atoms with E-state index in [2.05, 4.69) is 4.98 Å². The highest BCUT2D eigenvalue weighted by Crippen LogP contribution is 2.47. The molecule has 1 aromatic carbocycles. The van der Waals surface area contributed by atoms with Gasteiger partial charge in [-0.05, 0) is 68.0 Å². The fourth-order valence-corrected chi connectivity index (χ4v) is 5.43. The molecule has 29 heavy (non-hydrogen) atoms. The summed E-state index contributed by atoms with van der Waals surface area (Å²) in [7, 11) is 0. The zero-order valence-corrected chi connectivity index (χ0v) is 17.9. The Morgan fingerprint density at radius 3 is 2.55 bits per heavy atom. The minimum atomic E-state index is -0.298. The second kappa shape index (κ2) is 8.89. The van der Waals surface area contributed by atoms with Gasteiger partial charge in [-0.2, -0.15) is 0 Å². The maximum atomic E-state index is 13.5. The molecule has 2 aliphatic rings. The summed E-state index contributed by atoms with van der Waals surface area (Å²) in [6.07, 6.45) is 8.01. The van der Waals surface area contributed by atoms with Crippen molar-refractivity contribution < 1.29 is 13.9 Å². The SMILES string of the molecule is Fc1ccc([C@]2(CCCCc3cc(Cl)cc(Cl)c3)CCO[C@]3(CCOC3)C2)nc1. The summed E-state index contributed by atoms with van der Waals surface area (Å²) in [4.78, 5) is 4.48. The van der Waals surface area contributed by atoms with Gasteiger partial charge in [0.15, 0.2) is 0 Å². The van der Waals surface area contributed by atoms with Crippen molar-refractivity contribution in [3.8, 4) is 0 Å². The highest BCUT2D eigenvalue weighted by atomic mass is 35.5. The Kier molecular flexibility index (Phi) is 6.45. The van der Waals surface area contributed by atoms with Gasteiger partial charge < -0.3 is 9.47 Å². The van der Waals surface area contributed by atoms with Gasteiger partial charge in [0, 0.05) is 40.8 Å². The van der Waals surface area contributed by atoms with Crippen LogP contribution in [0.5, 0.6) is 0 Å². The maximum absolute atomic E-state index is 13.5. The zero-order chi connectivity index (χ0) is 20.3. The number of pyridine rings is 1.